The quantitative estimate of drug-likeness (QED) is 0.181. The van der Waals surface area contributed by atoms with Crippen LogP contribution in [0.5, 0.6) is 0 Å². The summed E-state index contributed by atoms with van der Waals surface area (Å²) in [6.45, 7) is 0. The van der Waals surface area contributed by atoms with E-state index in [1.807, 2.05) is 0 Å². The maximum Gasteiger partial charge on any atom is 0.0782 e. The van der Waals surface area contributed by atoms with Gasteiger partial charge in [0, 0.05) is 27.8 Å². The monoisotopic (exact) mass is 612 g/mol. The molecule has 0 radical (unpaired) electrons. The van der Waals surface area contributed by atoms with Crippen LogP contribution in [0.4, 0.5) is 17.1 Å². The zero-order chi connectivity index (χ0) is 31.9. The summed E-state index contributed by atoms with van der Waals surface area (Å²) >= 11 is 0. The van der Waals surface area contributed by atoms with E-state index in [-0.39, 0.29) is 0 Å². The van der Waals surface area contributed by atoms with Crippen molar-refractivity contribution in [1.82, 2.24) is 4.57 Å². The molecule has 48 heavy (non-hydrogen) atoms. The van der Waals surface area contributed by atoms with E-state index in [2.05, 4.69) is 204 Å². The number of hydrogen-bond donors (Lipinski definition) is 0. The maximum atomic E-state index is 2.43. The molecule has 9 rings (SSSR count). The van der Waals surface area contributed by atoms with Gasteiger partial charge in [-0.2, -0.15) is 0 Å². The third-order valence-electron chi connectivity index (χ3n) is 9.37. The van der Waals surface area contributed by atoms with Crippen LogP contribution < -0.4 is 4.90 Å². The summed E-state index contributed by atoms with van der Waals surface area (Å²) in [5.41, 5.74) is 11.7. The van der Waals surface area contributed by atoms with Crippen LogP contribution in [0.1, 0.15) is 0 Å². The molecule has 0 aliphatic carbocycles. The molecule has 0 saturated carbocycles. The first-order valence-corrected chi connectivity index (χ1v) is 16.4. The second-order valence-corrected chi connectivity index (χ2v) is 12.2. The molecule has 2 heteroatoms. The third-order valence-corrected chi connectivity index (χ3v) is 9.37. The first-order chi connectivity index (χ1) is 23.8. The van der Waals surface area contributed by atoms with E-state index < -0.39 is 0 Å². The molecule has 2 nitrogen and oxygen atoms in total. The van der Waals surface area contributed by atoms with Gasteiger partial charge in [0.05, 0.1) is 16.7 Å². The summed E-state index contributed by atoms with van der Waals surface area (Å²) < 4.78 is 2.43. The van der Waals surface area contributed by atoms with Gasteiger partial charge in [0.1, 0.15) is 0 Å². The Kier molecular flexibility index (Phi) is 6.84. The lowest BCUT2D eigenvalue weighted by Crippen LogP contribution is -2.11. The molecule has 0 spiro atoms. The van der Waals surface area contributed by atoms with Gasteiger partial charge >= 0.3 is 0 Å². The highest BCUT2D eigenvalue weighted by Crippen LogP contribution is 2.43. The summed E-state index contributed by atoms with van der Waals surface area (Å²) in [5, 5.41) is 4.97. The Labute approximate surface area is 280 Å². The van der Waals surface area contributed by atoms with E-state index in [1.54, 1.807) is 0 Å². The van der Waals surface area contributed by atoms with Crippen molar-refractivity contribution in [1.29, 1.82) is 0 Å². The summed E-state index contributed by atoms with van der Waals surface area (Å²) in [4.78, 5) is 2.38. The molecule has 0 N–H and O–H groups in total. The van der Waals surface area contributed by atoms with Crippen molar-refractivity contribution in [2.45, 2.75) is 0 Å². The second-order valence-electron chi connectivity index (χ2n) is 12.2. The molecule has 1 aromatic heterocycles. The fraction of sp³-hybridized carbons (Fsp3) is 0. The molecule has 0 atom stereocenters. The number of anilines is 3. The molecule has 9 aromatic rings. The fourth-order valence-electron chi connectivity index (χ4n) is 7.06. The van der Waals surface area contributed by atoms with Crippen LogP contribution in [0, 0.1) is 0 Å². The van der Waals surface area contributed by atoms with Gasteiger partial charge in [-0.1, -0.05) is 140 Å². The first kappa shape index (κ1) is 27.9. The topological polar surface area (TPSA) is 8.17 Å². The summed E-state index contributed by atoms with van der Waals surface area (Å²) in [6, 6.07) is 69.9. The molecule has 1 heterocycles. The predicted molar refractivity (Wildman–Crippen MR) is 204 cm³/mol. The highest BCUT2D eigenvalue weighted by molar-refractivity contribution is 6.14. The lowest BCUT2D eigenvalue weighted by Gasteiger charge is -2.27. The van der Waals surface area contributed by atoms with Gasteiger partial charge in [-0.25, -0.2) is 0 Å². The van der Waals surface area contributed by atoms with E-state index in [4.69, 9.17) is 0 Å². The van der Waals surface area contributed by atoms with Gasteiger partial charge < -0.3 is 9.47 Å². The van der Waals surface area contributed by atoms with Crippen molar-refractivity contribution in [3.8, 4) is 27.9 Å². The average molecular weight is 613 g/mol. The Bertz CT molecular complexity index is 2530. The lowest BCUT2D eigenvalue weighted by molar-refractivity contribution is 1.17. The van der Waals surface area contributed by atoms with Crippen molar-refractivity contribution >= 4 is 49.6 Å². The van der Waals surface area contributed by atoms with Gasteiger partial charge in [-0.05, 0) is 87.6 Å². The van der Waals surface area contributed by atoms with E-state index in [9.17, 15) is 0 Å². The lowest BCUT2D eigenvalue weighted by atomic mass is 10.0. The molecule has 0 bridgehead atoms. The van der Waals surface area contributed by atoms with Crippen molar-refractivity contribution < 1.29 is 0 Å². The van der Waals surface area contributed by atoms with Crippen molar-refractivity contribution in [2.24, 2.45) is 0 Å². The number of fused-ring (bicyclic) bond motifs is 4. The van der Waals surface area contributed by atoms with Gasteiger partial charge in [0.25, 0.3) is 0 Å². The Morgan fingerprint density at radius 2 is 0.917 bits per heavy atom. The van der Waals surface area contributed by atoms with Crippen molar-refractivity contribution in [3.63, 3.8) is 0 Å². The number of hydrogen-bond acceptors (Lipinski definition) is 1. The smallest absolute Gasteiger partial charge is 0.0782 e. The molecular weight excluding hydrogens is 581 g/mol. The summed E-state index contributed by atoms with van der Waals surface area (Å²) in [7, 11) is 0. The van der Waals surface area contributed by atoms with Gasteiger partial charge in [0.15, 0.2) is 0 Å². The SMILES string of the molecule is c1ccc(-c2ccc(N(c3ccccc3)c3cccc4c5ccccc5n(-c5ccc(-c6ccc7ccccc7c6)cc5)c34)cc2)cc1. The molecule has 8 aromatic carbocycles. The molecular formula is C46H32N2. The number of para-hydroxylation sites is 3. The third kappa shape index (κ3) is 4.83. The predicted octanol–water partition coefficient (Wildman–Crippen LogP) is 12.7. The van der Waals surface area contributed by atoms with Crippen LogP contribution in [-0.4, -0.2) is 4.57 Å². The highest BCUT2D eigenvalue weighted by Gasteiger charge is 2.21. The van der Waals surface area contributed by atoms with Crippen LogP contribution in [0.3, 0.4) is 0 Å². The molecule has 0 aliphatic heterocycles. The van der Waals surface area contributed by atoms with Crippen LogP contribution >= 0.6 is 0 Å². The zero-order valence-electron chi connectivity index (χ0n) is 26.4. The Morgan fingerprint density at radius 3 is 1.71 bits per heavy atom. The number of rotatable bonds is 6. The number of benzene rings is 8. The van der Waals surface area contributed by atoms with Crippen LogP contribution in [0.25, 0.3) is 60.5 Å². The number of aromatic nitrogens is 1. The fourth-order valence-corrected chi connectivity index (χ4v) is 7.06. The minimum atomic E-state index is 1.11. The highest BCUT2D eigenvalue weighted by atomic mass is 15.2. The van der Waals surface area contributed by atoms with Gasteiger partial charge in [-0.15, -0.1) is 0 Å². The van der Waals surface area contributed by atoms with Crippen LogP contribution in [-0.2, 0) is 0 Å². The Balaban J connectivity index is 1.23. The maximum absolute atomic E-state index is 2.43. The first-order valence-electron chi connectivity index (χ1n) is 16.4. The molecule has 0 saturated heterocycles. The standard InChI is InChI=1S/C46H32N2/c1-3-12-33(13-4-1)35-24-28-40(29-25-35)47(39-16-5-2-6-17-39)45-21-11-19-43-42-18-9-10-20-44(42)48(46(43)45)41-30-26-36(27-31-41)38-23-22-34-14-7-8-15-37(34)32-38/h1-32H. The van der Waals surface area contributed by atoms with E-state index in [1.165, 1.54) is 54.8 Å². The van der Waals surface area contributed by atoms with Gasteiger partial charge in [-0.3, -0.25) is 0 Å². The zero-order valence-corrected chi connectivity index (χ0v) is 26.4. The molecule has 0 amide bonds. The minimum absolute atomic E-state index is 1.11. The summed E-state index contributed by atoms with van der Waals surface area (Å²) in [6.07, 6.45) is 0. The molecule has 0 fully saturated rings. The van der Waals surface area contributed by atoms with Crippen LogP contribution in [0.15, 0.2) is 194 Å². The summed E-state index contributed by atoms with van der Waals surface area (Å²) in [5.74, 6) is 0. The normalized spacial score (nSPS) is 11.3. The molecule has 226 valence electrons. The average Bonchev–Trinajstić information content (AvgIpc) is 3.51. The minimum Gasteiger partial charge on any atom is -0.308 e. The second kappa shape index (κ2) is 11.8. The van der Waals surface area contributed by atoms with Crippen molar-refractivity contribution in [3.05, 3.63) is 194 Å². The molecule has 0 aliphatic rings. The van der Waals surface area contributed by atoms with E-state index in [0.29, 0.717) is 0 Å². The Hall–Kier alpha value is -6.38. The van der Waals surface area contributed by atoms with Crippen LogP contribution in [0.2, 0.25) is 0 Å². The molecule has 0 unspecified atom stereocenters. The van der Waals surface area contributed by atoms with Gasteiger partial charge in [0.2, 0.25) is 0 Å². The van der Waals surface area contributed by atoms with Crippen molar-refractivity contribution in [2.75, 3.05) is 4.90 Å². The Morgan fingerprint density at radius 1 is 0.354 bits per heavy atom. The van der Waals surface area contributed by atoms with E-state index >= 15 is 0 Å². The largest absolute Gasteiger partial charge is 0.308 e. The van der Waals surface area contributed by atoms with E-state index in [0.717, 1.165) is 22.7 Å². The number of nitrogens with zero attached hydrogens (tertiary/aromatic N) is 2.